The van der Waals surface area contributed by atoms with E-state index in [1.54, 1.807) is 6.07 Å². The summed E-state index contributed by atoms with van der Waals surface area (Å²) in [5.74, 6) is -0.241. The molecular formula is C13H16FN3S. The van der Waals surface area contributed by atoms with Gasteiger partial charge in [0, 0.05) is 5.56 Å². The SMILES string of the molecule is CCC(NC)c1nnc(-c2ccc(C)cc2F)s1. The summed E-state index contributed by atoms with van der Waals surface area (Å²) in [6.07, 6.45) is 0.932. The quantitative estimate of drug-likeness (QED) is 0.921. The van der Waals surface area contributed by atoms with Crippen molar-refractivity contribution in [2.75, 3.05) is 7.05 Å². The van der Waals surface area contributed by atoms with Crippen molar-refractivity contribution in [1.82, 2.24) is 15.5 Å². The Morgan fingerprint density at radius 2 is 2.17 bits per heavy atom. The van der Waals surface area contributed by atoms with Gasteiger partial charge in [0.15, 0.2) is 5.01 Å². The number of hydrogen-bond donors (Lipinski definition) is 1. The van der Waals surface area contributed by atoms with Crippen molar-refractivity contribution >= 4 is 11.3 Å². The van der Waals surface area contributed by atoms with Gasteiger partial charge in [0.05, 0.1) is 6.04 Å². The van der Waals surface area contributed by atoms with Crippen LogP contribution in [0.3, 0.4) is 0 Å². The molecule has 0 aliphatic carbocycles. The molecule has 0 aliphatic heterocycles. The zero-order valence-electron chi connectivity index (χ0n) is 10.7. The molecule has 0 spiro atoms. The maximum atomic E-state index is 13.8. The van der Waals surface area contributed by atoms with Crippen LogP contribution in [-0.4, -0.2) is 17.2 Å². The molecule has 0 aliphatic rings. The van der Waals surface area contributed by atoms with Gasteiger partial charge in [-0.15, -0.1) is 10.2 Å². The Kier molecular flexibility index (Phi) is 4.04. The number of rotatable bonds is 4. The van der Waals surface area contributed by atoms with Gasteiger partial charge in [-0.25, -0.2) is 4.39 Å². The fraction of sp³-hybridized carbons (Fsp3) is 0.385. The van der Waals surface area contributed by atoms with Crippen molar-refractivity contribution in [2.24, 2.45) is 0 Å². The van der Waals surface area contributed by atoms with Crippen LogP contribution in [0.5, 0.6) is 0 Å². The van der Waals surface area contributed by atoms with Gasteiger partial charge in [0.25, 0.3) is 0 Å². The molecule has 1 unspecified atom stereocenters. The maximum absolute atomic E-state index is 13.8. The molecule has 0 saturated carbocycles. The van der Waals surface area contributed by atoms with E-state index in [4.69, 9.17) is 0 Å². The van der Waals surface area contributed by atoms with Crippen LogP contribution in [0.25, 0.3) is 10.6 Å². The monoisotopic (exact) mass is 265 g/mol. The zero-order valence-corrected chi connectivity index (χ0v) is 11.5. The van der Waals surface area contributed by atoms with E-state index >= 15 is 0 Å². The molecule has 1 aromatic heterocycles. The van der Waals surface area contributed by atoms with Gasteiger partial charge in [0.2, 0.25) is 0 Å². The van der Waals surface area contributed by atoms with Crippen LogP contribution in [0.4, 0.5) is 4.39 Å². The normalized spacial score (nSPS) is 12.7. The van der Waals surface area contributed by atoms with Crippen molar-refractivity contribution in [1.29, 1.82) is 0 Å². The predicted octanol–water partition coefficient (Wildman–Crippen LogP) is 3.32. The van der Waals surface area contributed by atoms with Crippen molar-refractivity contribution in [3.05, 3.63) is 34.6 Å². The zero-order chi connectivity index (χ0) is 13.1. The number of aryl methyl sites for hydroxylation is 1. The van der Waals surface area contributed by atoms with Crippen molar-refractivity contribution in [3.8, 4) is 10.6 Å². The molecule has 0 radical (unpaired) electrons. The fourth-order valence-electron chi connectivity index (χ4n) is 1.78. The number of nitrogens with zero attached hydrogens (tertiary/aromatic N) is 2. The summed E-state index contributed by atoms with van der Waals surface area (Å²) in [6.45, 7) is 3.95. The van der Waals surface area contributed by atoms with Gasteiger partial charge in [-0.3, -0.25) is 0 Å². The molecule has 3 nitrogen and oxygen atoms in total. The number of hydrogen-bond acceptors (Lipinski definition) is 4. The van der Waals surface area contributed by atoms with Gasteiger partial charge in [-0.2, -0.15) is 0 Å². The molecule has 1 N–H and O–H groups in total. The van der Waals surface area contributed by atoms with E-state index in [1.165, 1.54) is 17.4 Å². The number of benzene rings is 1. The lowest BCUT2D eigenvalue weighted by atomic mass is 10.1. The molecule has 1 aromatic carbocycles. The Hall–Kier alpha value is -1.33. The Morgan fingerprint density at radius 1 is 1.39 bits per heavy atom. The van der Waals surface area contributed by atoms with E-state index < -0.39 is 0 Å². The molecule has 2 rings (SSSR count). The Balaban J connectivity index is 2.34. The van der Waals surface area contributed by atoms with E-state index in [0.717, 1.165) is 17.0 Å². The molecule has 2 aromatic rings. The topological polar surface area (TPSA) is 37.8 Å². The highest BCUT2D eigenvalue weighted by molar-refractivity contribution is 7.14. The van der Waals surface area contributed by atoms with E-state index in [2.05, 4.69) is 22.4 Å². The third-order valence-corrected chi connectivity index (χ3v) is 3.92. The predicted molar refractivity (Wildman–Crippen MR) is 72.1 cm³/mol. The number of halogens is 1. The van der Waals surface area contributed by atoms with Crippen molar-refractivity contribution in [3.63, 3.8) is 0 Å². The smallest absolute Gasteiger partial charge is 0.150 e. The second-order valence-corrected chi connectivity index (χ2v) is 5.19. The first-order valence-electron chi connectivity index (χ1n) is 5.93. The van der Waals surface area contributed by atoms with Gasteiger partial charge in [-0.05, 0) is 38.1 Å². The van der Waals surface area contributed by atoms with Gasteiger partial charge in [0.1, 0.15) is 10.8 Å². The first-order chi connectivity index (χ1) is 8.65. The molecule has 0 amide bonds. The third kappa shape index (κ3) is 2.57. The van der Waals surface area contributed by atoms with Gasteiger partial charge < -0.3 is 5.32 Å². The number of nitrogens with one attached hydrogen (secondary N) is 1. The van der Waals surface area contributed by atoms with E-state index in [0.29, 0.717) is 10.6 Å². The first kappa shape index (κ1) is 13.1. The van der Waals surface area contributed by atoms with Crippen molar-refractivity contribution < 1.29 is 4.39 Å². The minimum atomic E-state index is -0.241. The van der Waals surface area contributed by atoms with Crippen LogP contribution >= 0.6 is 11.3 Å². The summed E-state index contributed by atoms with van der Waals surface area (Å²) in [7, 11) is 1.89. The van der Waals surface area contributed by atoms with Crippen LogP contribution in [0, 0.1) is 12.7 Å². The van der Waals surface area contributed by atoms with Crippen molar-refractivity contribution in [2.45, 2.75) is 26.3 Å². The lowest BCUT2D eigenvalue weighted by molar-refractivity contribution is 0.568. The average molecular weight is 265 g/mol. The first-order valence-corrected chi connectivity index (χ1v) is 6.74. The highest BCUT2D eigenvalue weighted by atomic mass is 32.1. The summed E-state index contributed by atoms with van der Waals surface area (Å²) in [6, 6.07) is 5.35. The molecule has 18 heavy (non-hydrogen) atoms. The van der Waals surface area contributed by atoms with Crippen LogP contribution in [0.15, 0.2) is 18.2 Å². The van der Waals surface area contributed by atoms with Gasteiger partial charge >= 0.3 is 0 Å². The third-order valence-electron chi connectivity index (χ3n) is 2.85. The second kappa shape index (κ2) is 5.54. The standard InChI is InChI=1S/C13H16FN3S/c1-4-11(15-3)13-17-16-12(18-13)9-6-5-8(2)7-10(9)14/h5-7,11,15H,4H2,1-3H3. The summed E-state index contributed by atoms with van der Waals surface area (Å²) >= 11 is 1.44. The average Bonchev–Trinajstić information content (AvgIpc) is 2.80. The number of aromatic nitrogens is 2. The maximum Gasteiger partial charge on any atom is 0.150 e. The minimum Gasteiger partial charge on any atom is -0.311 e. The Bertz CT molecular complexity index is 535. The minimum absolute atomic E-state index is 0.185. The molecule has 0 bridgehead atoms. The largest absolute Gasteiger partial charge is 0.311 e. The summed E-state index contributed by atoms with van der Waals surface area (Å²) < 4.78 is 13.8. The Morgan fingerprint density at radius 3 is 2.78 bits per heavy atom. The molecular weight excluding hydrogens is 249 g/mol. The van der Waals surface area contributed by atoms with E-state index in [9.17, 15) is 4.39 Å². The lowest BCUT2D eigenvalue weighted by Crippen LogP contribution is -2.14. The molecule has 5 heteroatoms. The van der Waals surface area contributed by atoms with Crippen LogP contribution in [0.1, 0.15) is 30.0 Å². The lowest BCUT2D eigenvalue weighted by Gasteiger charge is -2.08. The molecule has 1 heterocycles. The van der Waals surface area contributed by atoms with E-state index in [1.807, 2.05) is 20.0 Å². The Labute approximate surface area is 110 Å². The summed E-state index contributed by atoms with van der Waals surface area (Å²) in [4.78, 5) is 0. The molecule has 1 atom stereocenters. The second-order valence-electron chi connectivity index (χ2n) is 4.18. The molecule has 0 fully saturated rings. The highest BCUT2D eigenvalue weighted by Crippen LogP contribution is 2.29. The molecule has 96 valence electrons. The highest BCUT2D eigenvalue weighted by Gasteiger charge is 2.15. The molecule has 0 saturated heterocycles. The van der Waals surface area contributed by atoms with Crippen LogP contribution in [0.2, 0.25) is 0 Å². The summed E-state index contributed by atoms with van der Waals surface area (Å²) in [5.41, 5.74) is 1.43. The summed E-state index contributed by atoms with van der Waals surface area (Å²) in [5, 5.41) is 12.9. The van der Waals surface area contributed by atoms with E-state index in [-0.39, 0.29) is 11.9 Å². The van der Waals surface area contributed by atoms with Crippen LogP contribution in [-0.2, 0) is 0 Å². The fourth-order valence-corrected chi connectivity index (χ4v) is 2.84. The van der Waals surface area contributed by atoms with Crippen LogP contribution < -0.4 is 5.32 Å². The van der Waals surface area contributed by atoms with Gasteiger partial charge in [-0.1, -0.05) is 24.3 Å².